The molecule has 0 bridgehead atoms. The summed E-state index contributed by atoms with van der Waals surface area (Å²) in [5.74, 6) is 1.38. The van der Waals surface area contributed by atoms with Gasteiger partial charge in [-0.25, -0.2) is 4.98 Å². The predicted molar refractivity (Wildman–Crippen MR) is 79.9 cm³/mol. The van der Waals surface area contributed by atoms with Crippen LogP contribution in [-0.4, -0.2) is 24.5 Å². The van der Waals surface area contributed by atoms with Gasteiger partial charge in [0.25, 0.3) is 0 Å². The van der Waals surface area contributed by atoms with Crippen LogP contribution in [-0.2, 0) is 0 Å². The van der Waals surface area contributed by atoms with E-state index in [9.17, 15) is 4.79 Å². The molecule has 4 nitrogen and oxygen atoms in total. The van der Waals surface area contributed by atoms with Crippen molar-refractivity contribution in [1.29, 1.82) is 0 Å². The first-order valence-corrected chi connectivity index (χ1v) is 7.31. The molecule has 2 rings (SSSR count). The van der Waals surface area contributed by atoms with Crippen LogP contribution in [0.1, 0.15) is 30.8 Å². The quantitative estimate of drug-likeness (QED) is 0.759. The topological polar surface area (TPSA) is 48.4 Å². The van der Waals surface area contributed by atoms with E-state index >= 15 is 0 Å². The van der Waals surface area contributed by atoms with E-state index in [1.54, 1.807) is 12.5 Å². The van der Waals surface area contributed by atoms with Gasteiger partial charge in [-0.05, 0) is 24.6 Å². The Morgan fingerprint density at radius 3 is 2.75 bits per heavy atom. The molecule has 20 heavy (non-hydrogen) atoms. The van der Waals surface area contributed by atoms with Crippen molar-refractivity contribution in [3.63, 3.8) is 0 Å². The fraction of sp³-hybridized carbons (Fsp3) is 0.333. The lowest BCUT2D eigenvalue weighted by molar-refractivity contribution is 0.101. The number of thiazole rings is 1. The number of hydrogen-bond acceptors (Lipinski definition) is 5. The molecule has 0 spiro atoms. The van der Waals surface area contributed by atoms with E-state index in [1.807, 2.05) is 18.2 Å². The highest BCUT2D eigenvalue weighted by Gasteiger charge is 2.11. The minimum Gasteiger partial charge on any atom is -0.493 e. The molecule has 1 aromatic carbocycles. The molecule has 0 radical (unpaired) electrons. The van der Waals surface area contributed by atoms with E-state index in [-0.39, 0.29) is 5.78 Å². The molecule has 1 aromatic heterocycles. The van der Waals surface area contributed by atoms with Crippen LogP contribution in [0.4, 0.5) is 0 Å². The highest BCUT2D eigenvalue weighted by atomic mass is 32.1. The van der Waals surface area contributed by atoms with Crippen LogP contribution < -0.4 is 9.47 Å². The third-order valence-corrected chi connectivity index (χ3v) is 3.63. The van der Waals surface area contributed by atoms with Gasteiger partial charge in [0, 0.05) is 17.9 Å². The molecular weight excluding hydrogens is 274 g/mol. The fourth-order valence-corrected chi connectivity index (χ4v) is 2.56. The number of methoxy groups -OCH3 is 1. The maximum Gasteiger partial charge on any atom is 0.178 e. The largest absolute Gasteiger partial charge is 0.493 e. The summed E-state index contributed by atoms with van der Waals surface area (Å²) in [6, 6.07) is 5.67. The zero-order valence-corrected chi connectivity index (χ0v) is 12.6. The zero-order valence-electron chi connectivity index (χ0n) is 11.8. The van der Waals surface area contributed by atoms with Crippen LogP contribution in [0.15, 0.2) is 23.6 Å². The Morgan fingerprint density at radius 1 is 1.35 bits per heavy atom. The molecule has 5 heteroatoms. The van der Waals surface area contributed by atoms with Crippen molar-refractivity contribution < 1.29 is 14.3 Å². The SMILES string of the molecule is CCCOc1cc(-c2nc(C(C)=O)cs2)ccc1OC. The lowest BCUT2D eigenvalue weighted by Crippen LogP contribution is -1.98. The number of rotatable bonds is 6. The molecule has 0 atom stereocenters. The van der Waals surface area contributed by atoms with Crippen LogP contribution >= 0.6 is 11.3 Å². The van der Waals surface area contributed by atoms with Crippen molar-refractivity contribution in [2.24, 2.45) is 0 Å². The molecule has 0 amide bonds. The Hall–Kier alpha value is -1.88. The van der Waals surface area contributed by atoms with Gasteiger partial charge in [0.2, 0.25) is 0 Å². The van der Waals surface area contributed by atoms with Crippen molar-refractivity contribution >= 4 is 17.1 Å². The van der Waals surface area contributed by atoms with Gasteiger partial charge in [-0.1, -0.05) is 6.92 Å². The normalized spacial score (nSPS) is 10.3. The van der Waals surface area contributed by atoms with Crippen LogP contribution in [0.25, 0.3) is 10.6 Å². The van der Waals surface area contributed by atoms with Crippen LogP contribution in [0.3, 0.4) is 0 Å². The summed E-state index contributed by atoms with van der Waals surface area (Å²) >= 11 is 1.45. The second-order valence-electron chi connectivity index (χ2n) is 4.31. The van der Waals surface area contributed by atoms with Crippen molar-refractivity contribution in [3.05, 3.63) is 29.3 Å². The number of carbonyl (C=O) groups is 1. The maximum atomic E-state index is 11.3. The summed E-state index contributed by atoms with van der Waals surface area (Å²) in [5.41, 5.74) is 1.42. The first-order valence-electron chi connectivity index (χ1n) is 6.43. The molecular formula is C15H17NO3S. The molecule has 0 fully saturated rings. The zero-order chi connectivity index (χ0) is 14.5. The summed E-state index contributed by atoms with van der Waals surface area (Å²) in [4.78, 5) is 15.6. The van der Waals surface area contributed by atoms with E-state index in [4.69, 9.17) is 9.47 Å². The predicted octanol–water partition coefficient (Wildman–Crippen LogP) is 3.81. The van der Waals surface area contributed by atoms with Gasteiger partial charge in [0.05, 0.1) is 13.7 Å². The van der Waals surface area contributed by atoms with Crippen molar-refractivity contribution in [1.82, 2.24) is 4.98 Å². The number of benzene rings is 1. The van der Waals surface area contributed by atoms with Gasteiger partial charge >= 0.3 is 0 Å². The van der Waals surface area contributed by atoms with Crippen molar-refractivity contribution in [2.45, 2.75) is 20.3 Å². The molecule has 2 aromatic rings. The van der Waals surface area contributed by atoms with Crippen LogP contribution in [0.5, 0.6) is 11.5 Å². The van der Waals surface area contributed by atoms with Gasteiger partial charge < -0.3 is 9.47 Å². The Kier molecular flexibility index (Phi) is 4.74. The number of carbonyl (C=O) groups excluding carboxylic acids is 1. The average molecular weight is 291 g/mol. The minimum absolute atomic E-state index is 0.0246. The summed E-state index contributed by atoms with van der Waals surface area (Å²) in [6.07, 6.45) is 0.930. The van der Waals surface area contributed by atoms with E-state index < -0.39 is 0 Å². The highest BCUT2D eigenvalue weighted by Crippen LogP contribution is 2.33. The number of aromatic nitrogens is 1. The second-order valence-corrected chi connectivity index (χ2v) is 5.17. The smallest absolute Gasteiger partial charge is 0.178 e. The van der Waals surface area contributed by atoms with Gasteiger partial charge in [-0.2, -0.15) is 0 Å². The molecule has 0 saturated carbocycles. The van der Waals surface area contributed by atoms with E-state index in [1.165, 1.54) is 18.3 Å². The summed E-state index contributed by atoms with van der Waals surface area (Å²) in [5, 5.41) is 2.58. The molecule has 0 unspecified atom stereocenters. The third kappa shape index (κ3) is 3.17. The fourth-order valence-electron chi connectivity index (χ4n) is 1.70. The Balaban J connectivity index is 2.33. The summed E-state index contributed by atoms with van der Waals surface area (Å²) < 4.78 is 11.0. The lowest BCUT2D eigenvalue weighted by Gasteiger charge is -2.10. The number of hydrogen-bond donors (Lipinski definition) is 0. The molecule has 0 aliphatic carbocycles. The molecule has 0 aliphatic rings. The molecule has 1 heterocycles. The van der Waals surface area contributed by atoms with E-state index in [0.717, 1.165) is 17.0 Å². The molecule has 0 aliphatic heterocycles. The first kappa shape index (κ1) is 14.5. The molecule has 106 valence electrons. The van der Waals surface area contributed by atoms with Gasteiger partial charge in [0.15, 0.2) is 17.3 Å². The van der Waals surface area contributed by atoms with Gasteiger partial charge in [0.1, 0.15) is 10.7 Å². The minimum atomic E-state index is -0.0246. The molecule has 0 N–H and O–H groups in total. The van der Waals surface area contributed by atoms with E-state index in [2.05, 4.69) is 11.9 Å². The summed E-state index contributed by atoms with van der Waals surface area (Å²) in [6.45, 7) is 4.20. The lowest BCUT2D eigenvalue weighted by atomic mass is 10.2. The Bertz CT molecular complexity index is 607. The Labute approximate surface area is 122 Å². The number of ketones is 1. The van der Waals surface area contributed by atoms with Crippen LogP contribution in [0.2, 0.25) is 0 Å². The average Bonchev–Trinajstić information content (AvgIpc) is 2.94. The monoisotopic (exact) mass is 291 g/mol. The highest BCUT2D eigenvalue weighted by molar-refractivity contribution is 7.13. The molecule has 0 saturated heterocycles. The Morgan fingerprint density at radius 2 is 2.15 bits per heavy atom. The summed E-state index contributed by atoms with van der Waals surface area (Å²) in [7, 11) is 1.62. The second kappa shape index (κ2) is 6.52. The van der Waals surface area contributed by atoms with Gasteiger partial charge in [-0.15, -0.1) is 11.3 Å². The van der Waals surface area contributed by atoms with Gasteiger partial charge in [-0.3, -0.25) is 4.79 Å². The van der Waals surface area contributed by atoms with Crippen LogP contribution in [0, 0.1) is 0 Å². The number of nitrogens with zero attached hydrogens (tertiary/aromatic N) is 1. The first-order chi connectivity index (χ1) is 9.65. The third-order valence-electron chi connectivity index (χ3n) is 2.74. The standard InChI is InChI=1S/C15H17NO3S/c1-4-7-19-14-8-11(5-6-13(14)18-3)15-16-12(9-20-15)10(2)17/h5-6,8-9H,4,7H2,1-3H3. The van der Waals surface area contributed by atoms with E-state index in [0.29, 0.717) is 23.8 Å². The number of Topliss-reactive ketones (excluding diaryl/α,β-unsaturated/α-hetero) is 1. The maximum absolute atomic E-state index is 11.3. The van der Waals surface area contributed by atoms with Crippen molar-refractivity contribution in [2.75, 3.05) is 13.7 Å². The number of ether oxygens (including phenoxy) is 2. The van der Waals surface area contributed by atoms with Crippen molar-refractivity contribution in [3.8, 4) is 22.1 Å².